The zero-order valence-corrected chi connectivity index (χ0v) is 13.1. The third-order valence-corrected chi connectivity index (χ3v) is 3.68. The van der Waals surface area contributed by atoms with E-state index in [-0.39, 0.29) is 0 Å². The molecular weight excluding hydrogens is 276 g/mol. The van der Waals surface area contributed by atoms with Crippen molar-refractivity contribution in [2.75, 3.05) is 7.11 Å². The van der Waals surface area contributed by atoms with Crippen LogP contribution in [0, 0.1) is 5.92 Å². The largest absolute Gasteiger partial charge is 0.480 e. The van der Waals surface area contributed by atoms with Crippen LogP contribution in [0.25, 0.3) is 22.0 Å². The zero-order valence-electron chi connectivity index (χ0n) is 13.1. The van der Waals surface area contributed by atoms with Crippen molar-refractivity contribution in [1.29, 1.82) is 0 Å². The van der Waals surface area contributed by atoms with Crippen molar-refractivity contribution in [2.24, 2.45) is 5.92 Å². The molecule has 0 aliphatic carbocycles. The second-order valence-corrected chi connectivity index (χ2v) is 5.80. The summed E-state index contributed by atoms with van der Waals surface area (Å²) < 4.78 is 5.47. The van der Waals surface area contributed by atoms with E-state index >= 15 is 0 Å². The topological polar surface area (TPSA) is 63.7 Å². The second-order valence-electron chi connectivity index (χ2n) is 5.80. The number of hydrogen-bond donors (Lipinski definition) is 1. The van der Waals surface area contributed by atoms with Crippen LogP contribution in [0.1, 0.15) is 26.1 Å². The molecule has 0 amide bonds. The summed E-state index contributed by atoms with van der Waals surface area (Å²) in [5.41, 5.74) is 3.02. The molecule has 0 fully saturated rings. The van der Waals surface area contributed by atoms with E-state index in [0.717, 1.165) is 40.7 Å². The molecule has 5 heteroatoms. The predicted octanol–water partition coefficient (Wildman–Crippen LogP) is 3.62. The van der Waals surface area contributed by atoms with E-state index in [9.17, 15) is 0 Å². The van der Waals surface area contributed by atoms with Crippen molar-refractivity contribution in [3.05, 3.63) is 36.4 Å². The minimum absolute atomic E-state index is 0.633. The van der Waals surface area contributed by atoms with E-state index in [1.807, 2.05) is 24.4 Å². The van der Waals surface area contributed by atoms with Crippen molar-refractivity contribution < 1.29 is 4.74 Å². The molecule has 0 atom stereocenters. The van der Waals surface area contributed by atoms with Crippen molar-refractivity contribution in [3.8, 4) is 17.0 Å². The van der Waals surface area contributed by atoms with E-state index in [4.69, 9.17) is 4.74 Å². The Hall–Kier alpha value is -2.43. The average Bonchev–Trinajstić information content (AvgIpc) is 3.06. The number of aromatic amines is 1. The molecule has 0 aliphatic heterocycles. The fraction of sp³-hybridized carbons (Fsp3) is 0.353. The lowest BCUT2D eigenvalue weighted by Gasteiger charge is -2.09. The lowest BCUT2D eigenvalue weighted by molar-refractivity contribution is 0.400. The van der Waals surface area contributed by atoms with Crippen LogP contribution in [0.2, 0.25) is 0 Å². The van der Waals surface area contributed by atoms with Gasteiger partial charge in [-0.2, -0.15) is 10.1 Å². The Morgan fingerprint density at radius 1 is 1.18 bits per heavy atom. The number of ether oxygens (including phenoxy) is 1. The van der Waals surface area contributed by atoms with Gasteiger partial charge >= 0.3 is 0 Å². The Labute approximate surface area is 129 Å². The van der Waals surface area contributed by atoms with Crippen LogP contribution in [0.5, 0.6) is 5.88 Å². The van der Waals surface area contributed by atoms with E-state index in [1.165, 1.54) is 0 Å². The van der Waals surface area contributed by atoms with Gasteiger partial charge in [0.25, 0.3) is 0 Å². The number of rotatable bonds is 5. The van der Waals surface area contributed by atoms with Gasteiger partial charge in [0.05, 0.1) is 24.2 Å². The molecule has 0 bridgehead atoms. The van der Waals surface area contributed by atoms with Crippen LogP contribution < -0.4 is 4.74 Å². The molecule has 1 aromatic carbocycles. The first-order valence-electron chi connectivity index (χ1n) is 7.51. The Balaban J connectivity index is 2.03. The van der Waals surface area contributed by atoms with Gasteiger partial charge in [0, 0.05) is 18.2 Å². The highest BCUT2D eigenvalue weighted by atomic mass is 16.5. The maximum atomic E-state index is 5.47. The predicted molar refractivity (Wildman–Crippen MR) is 86.8 cm³/mol. The maximum Gasteiger partial charge on any atom is 0.224 e. The SMILES string of the molecule is COc1nc(CCC(C)C)nc2ccc(-c3cn[nH]c3)cc12. The molecule has 0 aliphatic rings. The van der Waals surface area contributed by atoms with Crippen molar-refractivity contribution in [1.82, 2.24) is 20.2 Å². The number of hydrogen-bond acceptors (Lipinski definition) is 4. The molecule has 0 saturated heterocycles. The fourth-order valence-electron chi connectivity index (χ4n) is 2.42. The number of nitrogens with zero attached hydrogens (tertiary/aromatic N) is 3. The van der Waals surface area contributed by atoms with Crippen molar-refractivity contribution in [2.45, 2.75) is 26.7 Å². The summed E-state index contributed by atoms with van der Waals surface area (Å²) in [6.45, 7) is 4.41. The average molecular weight is 296 g/mol. The summed E-state index contributed by atoms with van der Waals surface area (Å²) in [6, 6.07) is 6.11. The highest BCUT2D eigenvalue weighted by molar-refractivity contribution is 5.88. The molecule has 0 spiro atoms. The zero-order chi connectivity index (χ0) is 15.5. The van der Waals surface area contributed by atoms with Crippen LogP contribution in [0.15, 0.2) is 30.6 Å². The summed E-state index contributed by atoms with van der Waals surface area (Å²) in [5, 5.41) is 7.74. The summed E-state index contributed by atoms with van der Waals surface area (Å²) >= 11 is 0. The fourth-order valence-corrected chi connectivity index (χ4v) is 2.42. The Kier molecular flexibility index (Phi) is 4.04. The lowest BCUT2D eigenvalue weighted by atomic mass is 10.1. The molecule has 3 rings (SSSR count). The first-order chi connectivity index (χ1) is 10.7. The van der Waals surface area contributed by atoms with Crippen LogP contribution >= 0.6 is 0 Å². The lowest BCUT2D eigenvalue weighted by Crippen LogP contribution is -2.01. The molecular formula is C17H20N4O. The molecule has 1 N–H and O–H groups in total. The second kappa shape index (κ2) is 6.13. The minimum Gasteiger partial charge on any atom is -0.480 e. The molecule has 0 saturated carbocycles. The normalized spacial score (nSPS) is 11.3. The smallest absolute Gasteiger partial charge is 0.224 e. The molecule has 114 valence electrons. The van der Waals surface area contributed by atoms with Gasteiger partial charge in [-0.05, 0) is 30.0 Å². The number of aromatic nitrogens is 4. The molecule has 22 heavy (non-hydrogen) atoms. The van der Waals surface area contributed by atoms with Crippen LogP contribution in [0.4, 0.5) is 0 Å². The monoisotopic (exact) mass is 296 g/mol. The molecule has 2 aromatic heterocycles. The third-order valence-electron chi connectivity index (χ3n) is 3.68. The van der Waals surface area contributed by atoms with E-state index in [1.54, 1.807) is 13.3 Å². The third kappa shape index (κ3) is 2.93. The van der Waals surface area contributed by atoms with Crippen LogP contribution in [-0.4, -0.2) is 27.3 Å². The van der Waals surface area contributed by atoms with Crippen LogP contribution in [0.3, 0.4) is 0 Å². The number of methoxy groups -OCH3 is 1. The summed E-state index contributed by atoms with van der Waals surface area (Å²) in [6.07, 6.45) is 5.60. The highest BCUT2D eigenvalue weighted by Crippen LogP contribution is 2.28. The first kappa shape index (κ1) is 14.5. The van der Waals surface area contributed by atoms with Crippen LogP contribution in [-0.2, 0) is 6.42 Å². The first-order valence-corrected chi connectivity index (χ1v) is 7.51. The quantitative estimate of drug-likeness (QED) is 0.781. The molecule has 0 radical (unpaired) electrons. The van der Waals surface area contributed by atoms with Crippen molar-refractivity contribution >= 4 is 10.9 Å². The van der Waals surface area contributed by atoms with E-state index in [0.29, 0.717) is 11.8 Å². The Morgan fingerprint density at radius 2 is 2.05 bits per heavy atom. The van der Waals surface area contributed by atoms with Gasteiger partial charge in [-0.3, -0.25) is 5.10 Å². The van der Waals surface area contributed by atoms with E-state index < -0.39 is 0 Å². The van der Waals surface area contributed by atoms with Gasteiger partial charge in [-0.1, -0.05) is 19.9 Å². The number of fused-ring (bicyclic) bond motifs is 1. The number of H-pyrrole nitrogens is 1. The van der Waals surface area contributed by atoms with Gasteiger partial charge in [-0.15, -0.1) is 0 Å². The molecule has 5 nitrogen and oxygen atoms in total. The summed E-state index contributed by atoms with van der Waals surface area (Å²) in [7, 11) is 1.65. The van der Waals surface area contributed by atoms with Gasteiger partial charge in [-0.25, -0.2) is 4.98 Å². The standard InChI is InChI=1S/C17H20N4O/c1-11(2)4-7-16-20-15-6-5-12(13-9-18-19-10-13)8-14(15)17(21-16)22-3/h5-6,8-11H,4,7H2,1-3H3,(H,18,19). The Bertz CT molecular complexity index is 766. The number of nitrogens with one attached hydrogen (secondary N) is 1. The number of benzene rings is 1. The van der Waals surface area contributed by atoms with Gasteiger partial charge < -0.3 is 4.74 Å². The summed E-state index contributed by atoms with van der Waals surface area (Å²) in [5.74, 6) is 2.11. The molecule has 3 aromatic rings. The number of aryl methyl sites for hydroxylation is 1. The van der Waals surface area contributed by atoms with E-state index in [2.05, 4.69) is 34.0 Å². The Morgan fingerprint density at radius 3 is 2.73 bits per heavy atom. The minimum atomic E-state index is 0.633. The summed E-state index contributed by atoms with van der Waals surface area (Å²) in [4.78, 5) is 9.22. The van der Waals surface area contributed by atoms with Crippen molar-refractivity contribution in [3.63, 3.8) is 0 Å². The highest BCUT2D eigenvalue weighted by Gasteiger charge is 2.10. The maximum absolute atomic E-state index is 5.47. The van der Waals surface area contributed by atoms with Gasteiger partial charge in [0.2, 0.25) is 5.88 Å². The van der Waals surface area contributed by atoms with Gasteiger partial charge in [0.1, 0.15) is 5.82 Å². The van der Waals surface area contributed by atoms with Gasteiger partial charge in [0.15, 0.2) is 0 Å². The molecule has 0 unspecified atom stereocenters. The molecule has 2 heterocycles.